The van der Waals surface area contributed by atoms with Crippen LogP contribution in [0.1, 0.15) is 12.3 Å². The van der Waals surface area contributed by atoms with E-state index in [9.17, 15) is 5.11 Å². The smallest absolute Gasteiger partial charge is 0.318 e. The molecule has 2 unspecified atom stereocenters. The van der Waals surface area contributed by atoms with Crippen molar-refractivity contribution in [1.82, 2.24) is 15.1 Å². The average Bonchev–Trinajstić information content (AvgIpc) is 2.85. The number of nitrogens with zero attached hydrogens (tertiary/aromatic N) is 4. The first-order valence-corrected chi connectivity index (χ1v) is 6.22. The Morgan fingerprint density at radius 2 is 2.28 bits per heavy atom. The summed E-state index contributed by atoms with van der Waals surface area (Å²) in [6.45, 7) is 1.89. The van der Waals surface area contributed by atoms with Crippen molar-refractivity contribution < 1.29 is 9.52 Å². The van der Waals surface area contributed by atoms with Crippen LogP contribution in [0.25, 0.3) is 0 Å². The van der Waals surface area contributed by atoms with E-state index in [0.29, 0.717) is 31.4 Å². The maximum atomic E-state index is 9.78. The summed E-state index contributed by atoms with van der Waals surface area (Å²) in [5.41, 5.74) is 5.45. The van der Waals surface area contributed by atoms with Crippen LogP contribution in [0.15, 0.2) is 4.42 Å². The number of likely N-dealkylation sites (N-methyl/N-ethyl adjacent to an activating group) is 1. The summed E-state index contributed by atoms with van der Waals surface area (Å²) >= 11 is 0. The molecule has 0 saturated carbocycles. The second-order valence-electron chi connectivity index (χ2n) is 4.98. The molecule has 2 heterocycles. The Kier molecular flexibility index (Phi) is 4.15. The number of aliphatic hydroxyl groups is 1. The number of aliphatic hydroxyl groups excluding tert-OH is 1. The summed E-state index contributed by atoms with van der Waals surface area (Å²) in [6, 6.07) is 0.697. The molecule has 1 fully saturated rings. The normalized spacial score (nSPS) is 24.2. The first kappa shape index (κ1) is 13.3. The minimum Gasteiger partial charge on any atom is -0.408 e. The van der Waals surface area contributed by atoms with Gasteiger partial charge in [0.15, 0.2) is 0 Å². The molecule has 1 saturated heterocycles. The van der Waals surface area contributed by atoms with E-state index in [2.05, 4.69) is 15.1 Å². The lowest BCUT2D eigenvalue weighted by Gasteiger charge is -2.24. The van der Waals surface area contributed by atoms with Gasteiger partial charge in [0.1, 0.15) is 0 Å². The number of anilines is 1. The van der Waals surface area contributed by atoms with Gasteiger partial charge in [0, 0.05) is 32.1 Å². The second-order valence-corrected chi connectivity index (χ2v) is 4.98. The molecule has 0 aromatic carbocycles. The van der Waals surface area contributed by atoms with Gasteiger partial charge in [0.2, 0.25) is 5.89 Å². The van der Waals surface area contributed by atoms with Gasteiger partial charge >= 0.3 is 6.01 Å². The molecule has 0 amide bonds. The van der Waals surface area contributed by atoms with Crippen molar-refractivity contribution >= 4 is 6.01 Å². The highest BCUT2D eigenvalue weighted by atomic mass is 16.4. The fourth-order valence-corrected chi connectivity index (χ4v) is 2.31. The summed E-state index contributed by atoms with van der Waals surface area (Å²) in [6.07, 6.45) is 0.981. The molecular weight excluding hydrogens is 234 g/mol. The van der Waals surface area contributed by atoms with Crippen molar-refractivity contribution in [2.24, 2.45) is 5.73 Å². The molecule has 1 aliphatic rings. The maximum Gasteiger partial charge on any atom is 0.318 e. The van der Waals surface area contributed by atoms with E-state index in [-0.39, 0.29) is 12.1 Å². The van der Waals surface area contributed by atoms with Gasteiger partial charge in [-0.05, 0) is 20.5 Å². The van der Waals surface area contributed by atoms with E-state index in [1.54, 1.807) is 0 Å². The number of hydrogen-bond donors (Lipinski definition) is 2. The van der Waals surface area contributed by atoms with Crippen molar-refractivity contribution in [3.8, 4) is 0 Å². The maximum absolute atomic E-state index is 9.78. The number of hydrogen-bond acceptors (Lipinski definition) is 7. The van der Waals surface area contributed by atoms with Gasteiger partial charge in [-0.15, -0.1) is 5.10 Å². The molecule has 1 aromatic rings. The zero-order valence-corrected chi connectivity index (χ0v) is 10.9. The molecule has 7 heteroatoms. The predicted molar refractivity (Wildman–Crippen MR) is 67.4 cm³/mol. The topological polar surface area (TPSA) is 91.7 Å². The molecule has 0 aliphatic carbocycles. The Bertz CT molecular complexity index is 381. The standard InChI is InChI=1S/C11H21N5O2/c1-15(2)6-8-5-9(17)7-16(8)11-14-13-10(18-11)3-4-12/h8-9,17H,3-7,12H2,1-2H3. The van der Waals surface area contributed by atoms with Crippen LogP contribution < -0.4 is 10.6 Å². The Balaban J connectivity index is 2.08. The molecule has 3 N–H and O–H groups in total. The Morgan fingerprint density at radius 1 is 1.50 bits per heavy atom. The Hall–Kier alpha value is -1.18. The molecular formula is C11H21N5O2. The molecule has 2 atom stereocenters. The van der Waals surface area contributed by atoms with Crippen LogP contribution in [0.3, 0.4) is 0 Å². The van der Waals surface area contributed by atoms with Gasteiger partial charge in [-0.2, -0.15) is 0 Å². The summed E-state index contributed by atoms with van der Waals surface area (Å²) in [5, 5.41) is 17.8. The van der Waals surface area contributed by atoms with E-state index >= 15 is 0 Å². The molecule has 0 radical (unpaired) electrons. The van der Waals surface area contributed by atoms with Crippen LogP contribution in [-0.2, 0) is 6.42 Å². The monoisotopic (exact) mass is 255 g/mol. The summed E-state index contributed by atoms with van der Waals surface area (Å²) in [7, 11) is 4.02. The van der Waals surface area contributed by atoms with Crippen molar-refractivity contribution in [1.29, 1.82) is 0 Å². The van der Waals surface area contributed by atoms with E-state index in [1.165, 1.54) is 0 Å². The Labute approximate surface area is 107 Å². The average molecular weight is 255 g/mol. The summed E-state index contributed by atoms with van der Waals surface area (Å²) in [5.74, 6) is 0.553. The van der Waals surface area contributed by atoms with E-state index in [4.69, 9.17) is 10.2 Å². The van der Waals surface area contributed by atoms with Gasteiger partial charge in [0.25, 0.3) is 0 Å². The zero-order chi connectivity index (χ0) is 13.1. The number of β-amino-alcohol motifs (C(OH)–C–C–N with tert-alkyl or cyclic N) is 1. The molecule has 18 heavy (non-hydrogen) atoms. The number of aromatic nitrogens is 2. The molecule has 1 aromatic heterocycles. The van der Waals surface area contributed by atoms with Gasteiger partial charge in [-0.1, -0.05) is 5.10 Å². The van der Waals surface area contributed by atoms with E-state index < -0.39 is 0 Å². The lowest BCUT2D eigenvalue weighted by atomic mass is 10.2. The second kappa shape index (κ2) is 5.64. The van der Waals surface area contributed by atoms with Crippen LogP contribution in [0, 0.1) is 0 Å². The highest BCUT2D eigenvalue weighted by molar-refractivity contribution is 5.30. The first-order valence-electron chi connectivity index (χ1n) is 6.22. The summed E-state index contributed by atoms with van der Waals surface area (Å²) < 4.78 is 5.56. The lowest BCUT2D eigenvalue weighted by molar-refractivity contribution is 0.191. The van der Waals surface area contributed by atoms with Crippen LogP contribution in [0.5, 0.6) is 0 Å². The van der Waals surface area contributed by atoms with Crippen LogP contribution >= 0.6 is 0 Å². The van der Waals surface area contributed by atoms with Gasteiger partial charge in [-0.3, -0.25) is 0 Å². The van der Waals surface area contributed by atoms with Crippen LogP contribution in [0.2, 0.25) is 0 Å². The minimum atomic E-state index is -0.334. The van der Waals surface area contributed by atoms with E-state index in [1.807, 2.05) is 19.0 Å². The van der Waals surface area contributed by atoms with Crippen molar-refractivity contribution in [2.75, 3.05) is 38.6 Å². The quantitative estimate of drug-likeness (QED) is 0.702. The fraction of sp³-hybridized carbons (Fsp3) is 0.818. The SMILES string of the molecule is CN(C)CC1CC(O)CN1c1nnc(CCN)o1. The first-order chi connectivity index (χ1) is 8.60. The third-order valence-corrected chi connectivity index (χ3v) is 3.03. The third-order valence-electron chi connectivity index (χ3n) is 3.03. The molecule has 7 nitrogen and oxygen atoms in total. The van der Waals surface area contributed by atoms with Crippen molar-refractivity contribution in [2.45, 2.75) is 25.0 Å². The Morgan fingerprint density at radius 3 is 2.94 bits per heavy atom. The molecule has 102 valence electrons. The fourth-order valence-electron chi connectivity index (χ4n) is 2.31. The van der Waals surface area contributed by atoms with Crippen LogP contribution in [0.4, 0.5) is 6.01 Å². The van der Waals surface area contributed by atoms with Crippen LogP contribution in [-0.4, -0.2) is 66.1 Å². The van der Waals surface area contributed by atoms with Crippen molar-refractivity contribution in [3.63, 3.8) is 0 Å². The van der Waals surface area contributed by atoms with Gasteiger partial charge in [0.05, 0.1) is 6.10 Å². The van der Waals surface area contributed by atoms with E-state index in [0.717, 1.165) is 13.0 Å². The lowest BCUT2D eigenvalue weighted by Crippen LogP contribution is -2.37. The van der Waals surface area contributed by atoms with Gasteiger partial charge in [-0.25, -0.2) is 0 Å². The molecule has 2 rings (SSSR count). The molecule has 0 bridgehead atoms. The minimum absolute atomic E-state index is 0.209. The summed E-state index contributed by atoms with van der Waals surface area (Å²) in [4.78, 5) is 4.07. The number of nitrogens with two attached hydrogens (primary N) is 1. The van der Waals surface area contributed by atoms with Gasteiger partial charge < -0.3 is 25.1 Å². The highest BCUT2D eigenvalue weighted by Crippen LogP contribution is 2.25. The highest BCUT2D eigenvalue weighted by Gasteiger charge is 2.34. The zero-order valence-electron chi connectivity index (χ0n) is 10.9. The number of rotatable bonds is 5. The molecule has 1 aliphatic heterocycles. The van der Waals surface area contributed by atoms with Crippen molar-refractivity contribution in [3.05, 3.63) is 5.89 Å². The third kappa shape index (κ3) is 2.98. The largest absolute Gasteiger partial charge is 0.408 e. The molecule has 0 spiro atoms. The predicted octanol–water partition coefficient (Wildman–Crippen LogP) is -0.928.